The van der Waals surface area contributed by atoms with Crippen molar-refractivity contribution >= 4 is 12.3 Å². The number of carbonyl (C=O) groups excluding carboxylic acids is 2. The lowest BCUT2D eigenvalue weighted by Gasteiger charge is -2.10. The molecule has 6 heteroatoms. The average molecular weight is 363 g/mol. The number of hydrogen-bond acceptors (Lipinski definition) is 6. The van der Waals surface area contributed by atoms with Crippen molar-refractivity contribution in [2.75, 3.05) is 14.2 Å². The van der Waals surface area contributed by atoms with Crippen molar-refractivity contribution in [1.29, 1.82) is 0 Å². The van der Waals surface area contributed by atoms with E-state index in [0.29, 0.717) is 17.0 Å². The van der Waals surface area contributed by atoms with Crippen molar-refractivity contribution in [3.05, 3.63) is 71.8 Å². The van der Waals surface area contributed by atoms with Gasteiger partial charge in [-0.05, 0) is 60.7 Å². The van der Waals surface area contributed by atoms with E-state index in [2.05, 4.69) is 4.98 Å². The van der Waals surface area contributed by atoms with Gasteiger partial charge in [-0.25, -0.2) is 9.78 Å². The minimum absolute atomic E-state index is 0.165. The molecule has 0 amide bonds. The van der Waals surface area contributed by atoms with Gasteiger partial charge in [-0.2, -0.15) is 0 Å². The van der Waals surface area contributed by atoms with Crippen LogP contribution >= 0.6 is 0 Å². The quantitative estimate of drug-likeness (QED) is 0.377. The fourth-order valence-electron chi connectivity index (χ4n) is 2.45. The molecular formula is C21H17NO5. The maximum absolute atomic E-state index is 12.5. The molecule has 3 aromatic rings. The lowest BCUT2D eigenvalue weighted by atomic mass is 10.1. The van der Waals surface area contributed by atoms with Crippen LogP contribution in [0.25, 0.3) is 11.3 Å². The number of aromatic nitrogens is 1. The lowest BCUT2D eigenvalue weighted by Crippen LogP contribution is -2.11. The van der Waals surface area contributed by atoms with Crippen LogP contribution in [0.4, 0.5) is 0 Å². The Labute approximate surface area is 156 Å². The third-order valence-corrected chi connectivity index (χ3v) is 3.89. The third-order valence-electron chi connectivity index (χ3n) is 3.89. The highest BCUT2D eigenvalue weighted by Gasteiger charge is 2.17. The van der Waals surface area contributed by atoms with Gasteiger partial charge in [-0.3, -0.25) is 4.79 Å². The number of hydrogen-bond donors (Lipinski definition) is 0. The van der Waals surface area contributed by atoms with Gasteiger partial charge in [0.1, 0.15) is 23.3 Å². The van der Waals surface area contributed by atoms with Gasteiger partial charge in [-0.15, -0.1) is 0 Å². The molecule has 2 aromatic carbocycles. The Morgan fingerprint density at radius 2 is 1.52 bits per heavy atom. The van der Waals surface area contributed by atoms with E-state index in [0.717, 1.165) is 17.6 Å². The summed E-state index contributed by atoms with van der Waals surface area (Å²) in [5, 5.41) is 0. The van der Waals surface area contributed by atoms with E-state index in [1.807, 2.05) is 24.3 Å². The normalized spacial score (nSPS) is 10.1. The molecule has 0 atom stereocenters. The zero-order chi connectivity index (χ0) is 19.2. The summed E-state index contributed by atoms with van der Waals surface area (Å²) in [4.78, 5) is 27.5. The van der Waals surface area contributed by atoms with Crippen LogP contribution in [-0.4, -0.2) is 31.5 Å². The topological polar surface area (TPSA) is 74.7 Å². The molecule has 0 saturated heterocycles. The highest BCUT2D eigenvalue weighted by atomic mass is 16.5. The first-order valence-electron chi connectivity index (χ1n) is 8.11. The first-order valence-corrected chi connectivity index (χ1v) is 8.11. The second-order valence-electron chi connectivity index (χ2n) is 5.56. The van der Waals surface area contributed by atoms with Gasteiger partial charge in [0.05, 0.1) is 19.9 Å². The molecule has 3 rings (SSSR count). The van der Waals surface area contributed by atoms with Crippen molar-refractivity contribution in [2.45, 2.75) is 0 Å². The highest BCUT2D eigenvalue weighted by molar-refractivity contribution is 5.94. The number of benzene rings is 2. The molecule has 1 heterocycles. The van der Waals surface area contributed by atoms with Gasteiger partial charge in [0.25, 0.3) is 0 Å². The van der Waals surface area contributed by atoms with E-state index in [1.165, 1.54) is 7.11 Å². The molecular weight excluding hydrogens is 346 g/mol. The number of nitrogens with zero attached hydrogens (tertiary/aromatic N) is 1. The summed E-state index contributed by atoms with van der Waals surface area (Å²) in [6.07, 6.45) is 0.719. The molecule has 0 unspecified atom stereocenters. The average Bonchev–Trinajstić information content (AvgIpc) is 2.73. The van der Waals surface area contributed by atoms with Crippen molar-refractivity contribution in [3.8, 4) is 28.6 Å². The summed E-state index contributed by atoms with van der Waals surface area (Å²) in [6, 6.07) is 16.9. The fraction of sp³-hybridized carbons (Fsp3) is 0.0952. The van der Waals surface area contributed by atoms with Gasteiger partial charge < -0.3 is 14.2 Å². The Morgan fingerprint density at radius 1 is 0.852 bits per heavy atom. The van der Waals surface area contributed by atoms with Gasteiger partial charge in [-0.1, -0.05) is 0 Å². The molecule has 0 N–H and O–H groups in total. The first kappa shape index (κ1) is 18.1. The van der Waals surface area contributed by atoms with Crippen molar-refractivity contribution in [2.24, 2.45) is 0 Å². The van der Waals surface area contributed by atoms with Gasteiger partial charge >= 0.3 is 5.97 Å². The molecule has 1 aromatic heterocycles. The van der Waals surface area contributed by atoms with E-state index >= 15 is 0 Å². The van der Waals surface area contributed by atoms with Crippen molar-refractivity contribution in [3.63, 3.8) is 0 Å². The van der Waals surface area contributed by atoms with Crippen LogP contribution in [0.3, 0.4) is 0 Å². The van der Waals surface area contributed by atoms with Crippen LogP contribution in [0.15, 0.2) is 60.7 Å². The van der Waals surface area contributed by atoms with E-state index < -0.39 is 5.97 Å². The number of methoxy groups -OCH3 is 2. The Hall–Kier alpha value is -3.67. The van der Waals surface area contributed by atoms with Crippen LogP contribution in [0.1, 0.15) is 20.7 Å². The van der Waals surface area contributed by atoms with Crippen LogP contribution < -0.4 is 14.2 Å². The molecule has 0 aliphatic carbocycles. The van der Waals surface area contributed by atoms with E-state index in [4.69, 9.17) is 14.2 Å². The summed E-state index contributed by atoms with van der Waals surface area (Å²) < 4.78 is 15.7. The Morgan fingerprint density at radius 3 is 2.11 bits per heavy atom. The number of aldehydes is 1. The molecule has 0 fully saturated rings. The molecule has 0 saturated carbocycles. The Kier molecular flexibility index (Phi) is 5.47. The van der Waals surface area contributed by atoms with Gasteiger partial charge in [0, 0.05) is 11.1 Å². The molecule has 27 heavy (non-hydrogen) atoms. The van der Waals surface area contributed by atoms with Crippen LogP contribution in [-0.2, 0) is 0 Å². The molecule has 0 bridgehead atoms. The lowest BCUT2D eigenvalue weighted by molar-refractivity contribution is 0.0730. The summed E-state index contributed by atoms with van der Waals surface area (Å²) in [5.41, 5.74) is 2.21. The molecule has 136 valence electrons. The smallest absolute Gasteiger partial charge is 0.349 e. The molecule has 6 nitrogen and oxygen atoms in total. The Bertz CT molecular complexity index is 949. The summed E-state index contributed by atoms with van der Waals surface area (Å²) in [5.74, 6) is 0.635. The number of carbonyl (C=O) groups is 2. The van der Waals surface area contributed by atoms with Crippen molar-refractivity contribution in [1.82, 2.24) is 4.98 Å². The SMILES string of the molecule is COc1ccc(-c2ccc(C(=O)Oc3ccc(C=O)cc3)c(OC)n2)cc1. The predicted octanol–water partition coefficient (Wildman–Crippen LogP) is 3.80. The number of rotatable bonds is 6. The van der Waals surface area contributed by atoms with Gasteiger partial charge in [0.15, 0.2) is 0 Å². The maximum Gasteiger partial charge on any atom is 0.349 e. The molecule has 0 spiro atoms. The van der Waals surface area contributed by atoms with Crippen LogP contribution in [0.5, 0.6) is 17.4 Å². The second-order valence-corrected chi connectivity index (χ2v) is 5.56. The highest BCUT2D eigenvalue weighted by Crippen LogP contribution is 2.26. The van der Waals surface area contributed by atoms with E-state index in [9.17, 15) is 9.59 Å². The number of pyridine rings is 1. The molecule has 0 radical (unpaired) electrons. The van der Waals surface area contributed by atoms with E-state index in [-0.39, 0.29) is 11.4 Å². The minimum atomic E-state index is -0.598. The second kappa shape index (κ2) is 8.14. The summed E-state index contributed by atoms with van der Waals surface area (Å²) in [6.45, 7) is 0. The number of esters is 1. The number of ether oxygens (including phenoxy) is 3. The minimum Gasteiger partial charge on any atom is -0.497 e. The van der Waals surface area contributed by atoms with E-state index in [1.54, 1.807) is 43.5 Å². The predicted molar refractivity (Wildman–Crippen MR) is 99.6 cm³/mol. The zero-order valence-corrected chi connectivity index (χ0v) is 14.8. The summed E-state index contributed by atoms with van der Waals surface area (Å²) >= 11 is 0. The molecule has 0 aliphatic heterocycles. The van der Waals surface area contributed by atoms with Crippen molar-refractivity contribution < 1.29 is 23.8 Å². The monoisotopic (exact) mass is 363 g/mol. The molecule has 0 aliphatic rings. The first-order chi connectivity index (χ1) is 13.1. The standard InChI is InChI=1S/C21H17NO5/c1-25-16-9-5-15(6-10-16)19-12-11-18(20(22-19)26-2)21(24)27-17-7-3-14(13-23)4-8-17/h3-13H,1-2H3. The zero-order valence-electron chi connectivity index (χ0n) is 14.8. The maximum atomic E-state index is 12.5. The van der Waals surface area contributed by atoms with Crippen LogP contribution in [0, 0.1) is 0 Å². The third kappa shape index (κ3) is 4.12. The summed E-state index contributed by atoms with van der Waals surface area (Å²) in [7, 11) is 3.04. The van der Waals surface area contributed by atoms with Crippen LogP contribution in [0.2, 0.25) is 0 Å². The Balaban J connectivity index is 1.84. The largest absolute Gasteiger partial charge is 0.497 e. The van der Waals surface area contributed by atoms with Gasteiger partial charge in [0.2, 0.25) is 5.88 Å². The fourth-order valence-corrected chi connectivity index (χ4v) is 2.45.